The lowest BCUT2D eigenvalue weighted by Crippen LogP contribution is -1.39. The van der Waals surface area contributed by atoms with Crippen molar-refractivity contribution in [3.05, 3.63) is 0 Å². The molecule has 0 atom stereocenters. The van der Waals surface area contributed by atoms with Crippen molar-refractivity contribution in [2.24, 2.45) is 0 Å². The quantitative estimate of drug-likeness (QED) is 0.441. The van der Waals surface area contributed by atoms with Crippen molar-refractivity contribution in [3.8, 4) is 0 Å². The summed E-state index contributed by atoms with van der Waals surface area (Å²) in [4.78, 5) is 0. The zero-order chi connectivity index (χ0) is 3.41. The van der Waals surface area contributed by atoms with Crippen LogP contribution in [-0.2, 0) is 4.57 Å². The molecule has 0 aliphatic heterocycles. The molecule has 0 N–H and O–H groups in total. The molecule has 0 saturated heterocycles. The van der Waals surface area contributed by atoms with E-state index in [4.69, 9.17) is 0 Å². The maximum Gasteiger partial charge on any atom is 0.154 e. The van der Waals surface area contributed by atoms with Crippen LogP contribution in [0.1, 0.15) is 6.92 Å². The van der Waals surface area contributed by atoms with E-state index in [0.29, 0.717) is 0 Å². The van der Waals surface area contributed by atoms with Crippen LogP contribution in [-0.4, -0.2) is 6.16 Å². The minimum absolute atomic E-state index is 0. The molecule has 0 aliphatic carbocycles. The second-order valence-corrected chi connectivity index (χ2v) is 1.34. The molecule has 0 rings (SSSR count). The van der Waals surface area contributed by atoms with Gasteiger partial charge in [0.2, 0.25) is 0 Å². The first-order valence-electron chi connectivity index (χ1n) is 1.21. The number of rotatable bonds is 1. The van der Waals surface area contributed by atoms with E-state index in [-0.39, 0.29) is 20.8 Å². The molecule has 4 heteroatoms. The van der Waals surface area contributed by atoms with E-state index in [0.717, 1.165) is 6.16 Å². The van der Waals surface area contributed by atoms with Crippen LogP contribution in [0.4, 0.5) is 0 Å². The summed E-state index contributed by atoms with van der Waals surface area (Å²) < 4.78 is 9.27. The van der Waals surface area contributed by atoms with Gasteiger partial charge >= 0.3 is 0 Å². The van der Waals surface area contributed by atoms with E-state index in [2.05, 4.69) is 0 Å². The topological polar surface area (TPSA) is 78.1 Å². The first-order chi connectivity index (χ1) is 1.91. The SMILES string of the molecule is CCP=O.[N].[N]. The predicted molar refractivity (Wildman–Crippen MR) is 22.4 cm³/mol. The average Bonchev–Trinajstić information content (AvgIpc) is 1.37. The van der Waals surface area contributed by atoms with Crippen LogP contribution < -0.4 is 12.3 Å². The second-order valence-electron chi connectivity index (χ2n) is 0.445. The lowest BCUT2D eigenvalue weighted by Gasteiger charge is -1.49. The highest BCUT2D eigenvalue weighted by Crippen LogP contribution is 1.82. The van der Waals surface area contributed by atoms with Gasteiger partial charge in [-0.25, -0.2) is 0 Å². The van der Waals surface area contributed by atoms with Crippen molar-refractivity contribution in [1.82, 2.24) is 12.3 Å². The third kappa shape index (κ3) is 35.2. The van der Waals surface area contributed by atoms with E-state index >= 15 is 0 Å². The van der Waals surface area contributed by atoms with E-state index in [1.807, 2.05) is 6.92 Å². The van der Waals surface area contributed by atoms with Gasteiger partial charge < -0.3 is 0 Å². The molecule has 6 radical (unpaired) electrons. The Balaban J connectivity index is -0.0000000450. The highest BCUT2D eigenvalue weighted by molar-refractivity contribution is 7.23. The smallest absolute Gasteiger partial charge is 0.154 e. The molecule has 0 aromatic heterocycles. The fourth-order valence-corrected chi connectivity index (χ4v) is 0. The molecule has 0 amide bonds. The molecular formula is C2H5N2OP. The summed E-state index contributed by atoms with van der Waals surface area (Å²) in [6, 6.07) is 0. The van der Waals surface area contributed by atoms with E-state index in [1.54, 1.807) is 0 Å². The predicted octanol–water partition coefficient (Wildman–Crippen LogP) is 0.337. The molecule has 0 aromatic carbocycles. The van der Waals surface area contributed by atoms with Crippen LogP contribution in [0.25, 0.3) is 0 Å². The molecule has 0 fully saturated rings. The lowest BCUT2D eigenvalue weighted by atomic mass is 11.0. The third-order valence-electron chi connectivity index (χ3n) is 0.129. The first kappa shape index (κ1) is 16.6. The molecule has 0 aliphatic rings. The Morgan fingerprint density at radius 1 is 1.50 bits per heavy atom. The highest BCUT2D eigenvalue weighted by atomic mass is 31.1. The van der Waals surface area contributed by atoms with Crippen LogP contribution in [0.3, 0.4) is 0 Å². The maximum absolute atomic E-state index is 9.27. The van der Waals surface area contributed by atoms with Crippen LogP contribution in [0, 0.1) is 0 Å². The molecule has 0 saturated carbocycles. The van der Waals surface area contributed by atoms with Crippen molar-refractivity contribution in [3.63, 3.8) is 0 Å². The molecule has 34 valence electrons. The zero-order valence-corrected chi connectivity index (χ0v) is 4.35. The molecule has 0 bridgehead atoms. The Morgan fingerprint density at radius 2 is 1.67 bits per heavy atom. The Bertz CT molecular complexity index is 25.5. The van der Waals surface area contributed by atoms with Crippen molar-refractivity contribution >= 4 is 8.46 Å². The Hall–Kier alpha value is 0.0200. The molecule has 0 aromatic rings. The summed E-state index contributed by atoms with van der Waals surface area (Å²) in [5, 5.41) is 0. The summed E-state index contributed by atoms with van der Waals surface area (Å²) in [6.45, 7) is 1.86. The highest BCUT2D eigenvalue weighted by Gasteiger charge is 1.55. The van der Waals surface area contributed by atoms with E-state index < -0.39 is 0 Å². The average molecular weight is 104 g/mol. The van der Waals surface area contributed by atoms with Crippen LogP contribution in [0.5, 0.6) is 0 Å². The summed E-state index contributed by atoms with van der Waals surface area (Å²) >= 11 is 0. The van der Waals surface area contributed by atoms with Gasteiger partial charge in [0.1, 0.15) is 0 Å². The van der Waals surface area contributed by atoms with Gasteiger partial charge in [0, 0.05) is 18.5 Å². The number of hydrogen-bond acceptors (Lipinski definition) is 1. The standard InChI is InChI=1S/C2H5OP.2N/c1-2-4-3;;/h2H2,1H3;;. The summed E-state index contributed by atoms with van der Waals surface area (Å²) in [5.74, 6) is 0. The second kappa shape index (κ2) is 19.9. The summed E-state index contributed by atoms with van der Waals surface area (Å²) in [6.07, 6.45) is 0.736. The normalized spacial score (nSPS) is 5.50. The van der Waals surface area contributed by atoms with Gasteiger partial charge in [0.15, 0.2) is 8.46 Å². The van der Waals surface area contributed by atoms with Crippen molar-refractivity contribution in [2.75, 3.05) is 6.16 Å². The Labute approximate surface area is 39.5 Å². The van der Waals surface area contributed by atoms with Gasteiger partial charge in [0.05, 0.1) is 0 Å². The van der Waals surface area contributed by atoms with E-state index in [9.17, 15) is 4.57 Å². The van der Waals surface area contributed by atoms with Crippen molar-refractivity contribution in [1.29, 1.82) is 0 Å². The zero-order valence-electron chi connectivity index (χ0n) is 3.46. The van der Waals surface area contributed by atoms with Crippen LogP contribution in [0.2, 0.25) is 0 Å². The van der Waals surface area contributed by atoms with Gasteiger partial charge in [0.25, 0.3) is 0 Å². The molecular weight excluding hydrogens is 99.0 g/mol. The summed E-state index contributed by atoms with van der Waals surface area (Å²) in [7, 11) is 0.248. The van der Waals surface area contributed by atoms with Crippen molar-refractivity contribution in [2.45, 2.75) is 6.92 Å². The maximum atomic E-state index is 9.27. The fraction of sp³-hybridized carbons (Fsp3) is 1.00. The van der Waals surface area contributed by atoms with Gasteiger partial charge in [-0.1, -0.05) is 6.92 Å². The molecule has 0 unspecified atom stereocenters. The van der Waals surface area contributed by atoms with E-state index in [1.165, 1.54) is 0 Å². The lowest BCUT2D eigenvalue weighted by molar-refractivity contribution is 0.599. The monoisotopic (exact) mass is 104 g/mol. The third-order valence-corrected chi connectivity index (χ3v) is 0.387. The van der Waals surface area contributed by atoms with Gasteiger partial charge in [-0.2, -0.15) is 0 Å². The number of hydrogen-bond donors (Lipinski definition) is 0. The fourth-order valence-electron chi connectivity index (χ4n) is 0. The van der Waals surface area contributed by atoms with Crippen molar-refractivity contribution < 1.29 is 4.57 Å². The largest absolute Gasteiger partial charge is 0.275 e. The minimum Gasteiger partial charge on any atom is -0.275 e. The van der Waals surface area contributed by atoms with Crippen LogP contribution >= 0.6 is 8.46 Å². The molecule has 6 heavy (non-hydrogen) atoms. The first-order valence-corrected chi connectivity index (χ1v) is 2.20. The van der Waals surface area contributed by atoms with Gasteiger partial charge in [-0.3, -0.25) is 4.57 Å². The van der Waals surface area contributed by atoms with Crippen LogP contribution in [0.15, 0.2) is 0 Å². The Morgan fingerprint density at radius 3 is 1.67 bits per heavy atom. The molecule has 0 heterocycles. The van der Waals surface area contributed by atoms with Gasteiger partial charge in [-0.15, -0.1) is 0 Å². The summed E-state index contributed by atoms with van der Waals surface area (Å²) in [5.41, 5.74) is 0. The van der Waals surface area contributed by atoms with Gasteiger partial charge in [-0.05, 0) is 0 Å². The Kier molecular flexibility index (Phi) is 55.1. The minimum atomic E-state index is 0. The number of nitrogens with zero attached hydrogens (tertiary/aromatic N) is 2. The molecule has 3 nitrogen and oxygen atoms in total. The molecule has 0 spiro atoms.